The molecule has 112 valence electrons. The van der Waals surface area contributed by atoms with Crippen molar-refractivity contribution in [1.29, 1.82) is 5.26 Å². The van der Waals surface area contributed by atoms with Gasteiger partial charge in [-0.1, -0.05) is 30.3 Å². The minimum absolute atomic E-state index is 0.0413. The second-order valence-electron chi connectivity index (χ2n) is 4.62. The van der Waals surface area contributed by atoms with Gasteiger partial charge in [0, 0.05) is 12.7 Å². The molecule has 5 heteroatoms. The quantitative estimate of drug-likeness (QED) is 0.606. The molecular formula is C17H17N3O2. The fraction of sp³-hybridized carbons (Fsp3) is 0.176. The van der Waals surface area contributed by atoms with Gasteiger partial charge in [-0.15, -0.1) is 0 Å². The topological polar surface area (TPSA) is 78.1 Å². The third-order valence-corrected chi connectivity index (χ3v) is 3.01. The Morgan fingerprint density at radius 1 is 1.23 bits per heavy atom. The Morgan fingerprint density at radius 2 is 2.05 bits per heavy atom. The molecule has 0 atom stereocenters. The smallest absolute Gasteiger partial charge is 0.263 e. The van der Waals surface area contributed by atoms with Crippen LogP contribution in [-0.2, 0) is 17.8 Å². The number of carbonyl (C=O) groups is 1. The Hall–Kier alpha value is -3.00. The Bertz CT molecular complexity index is 655. The molecule has 0 aliphatic rings. The number of carbonyl (C=O) groups excluding carboxylic acids is 1. The van der Waals surface area contributed by atoms with Crippen LogP contribution in [0.2, 0.25) is 0 Å². The molecule has 1 amide bonds. The van der Waals surface area contributed by atoms with Crippen molar-refractivity contribution in [3.05, 3.63) is 71.8 Å². The average molecular weight is 295 g/mol. The van der Waals surface area contributed by atoms with Crippen molar-refractivity contribution in [2.75, 3.05) is 6.54 Å². The highest BCUT2D eigenvalue weighted by atomic mass is 16.3. The van der Waals surface area contributed by atoms with Gasteiger partial charge in [0.2, 0.25) is 0 Å². The highest BCUT2D eigenvalue weighted by molar-refractivity contribution is 5.97. The number of rotatable bonds is 7. The number of nitriles is 1. The molecule has 0 spiro atoms. The summed E-state index contributed by atoms with van der Waals surface area (Å²) < 4.78 is 5.15. The summed E-state index contributed by atoms with van der Waals surface area (Å²) in [5, 5.41) is 14.6. The highest BCUT2D eigenvalue weighted by Gasteiger charge is 2.07. The van der Waals surface area contributed by atoms with Gasteiger partial charge in [-0.2, -0.15) is 5.26 Å². The van der Waals surface area contributed by atoms with E-state index in [1.165, 1.54) is 6.20 Å². The molecule has 0 aliphatic carbocycles. The van der Waals surface area contributed by atoms with Crippen LogP contribution in [0.4, 0.5) is 0 Å². The summed E-state index contributed by atoms with van der Waals surface area (Å²) in [5.74, 6) is 0.350. The van der Waals surface area contributed by atoms with E-state index < -0.39 is 0 Å². The minimum atomic E-state index is -0.384. The second-order valence-corrected chi connectivity index (χ2v) is 4.62. The lowest BCUT2D eigenvalue weighted by Crippen LogP contribution is -2.27. The number of nitrogens with zero attached hydrogens (tertiary/aromatic N) is 1. The first-order valence-corrected chi connectivity index (χ1v) is 6.98. The van der Waals surface area contributed by atoms with Gasteiger partial charge in [0.05, 0.1) is 12.8 Å². The molecule has 0 radical (unpaired) electrons. The zero-order chi connectivity index (χ0) is 15.6. The molecule has 0 fully saturated rings. The van der Waals surface area contributed by atoms with Gasteiger partial charge in [0.1, 0.15) is 17.4 Å². The Labute approximate surface area is 129 Å². The van der Waals surface area contributed by atoms with Crippen molar-refractivity contribution in [3.63, 3.8) is 0 Å². The molecule has 0 unspecified atom stereocenters. The summed E-state index contributed by atoms with van der Waals surface area (Å²) in [6, 6.07) is 15.3. The van der Waals surface area contributed by atoms with Gasteiger partial charge in [0.15, 0.2) is 0 Å². The second kappa shape index (κ2) is 8.32. The van der Waals surface area contributed by atoms with E-state index in [0.717, 1.165) is 17.7 Å². The maximum absolute atomic E-state index is 11.9. The maximum Gasteiger partial charge on any atom is 0.263 e. The molecule has 1 aromatic heterocycles. The lowest BCUT2D eigenvalue weighted by atomic mass is 10.1. The predicted molar refractivity (Wildman–Crippen MR) is 82.4 cm³/mol. The molecule has 0 aliphatic heterocycles. The fourth-order valence-electron chi connectivity index (χ4n) is 1.88. The van der Waals surface area contributed by atoms with E-state index in [1.807, 2.05) is 42.5 Å². The van der Waals surface area contributed by atoms with Gasteiger partial charge in [-0.05, 0) is 24.1 Å². The van der Waals surface area contributed by atoms with Crippen LogP contribution in [0, 0.1) is 11.3 Å². The number of amides is 1. The number of nitrogens with one attached hydrogen (secondary N) is 2. The van der Waals surface area contributed by atoms with Crippen molar-refractivity contribution < 1.29 is 9.21 Å². The number of hydrogen-bond donors (Lipinski definition) is 2. The van der Waals surface area contributed by atoms with Crippen molar-refractivity contribution in [3.8, 4) is 6.07 Å². The molecule has 2 rings (SSSR count). The van der Waals surface area contributed by atoms with E-state index in [9.17, 15) is 4.79 Å². The Balaban J connectivity index is 1.77. The summed E-state index contributed by atoms with van der Waals surface area (Å²) in [7, 11) is 0. The van der Waals surface area contributed by atoms with Crippen LogP contribution in [0.25, 0.3) is 0 Å². The standard InChI is InChI=1S/C17H17N3O2/c18-11-15(12-19-13-16-7-4-10-22-16)17(21)20-9-8-14-5-2-1-3-6-14/h1-7,10,12,19H,8-9,13H2,(H,20,21)/b15-12-. The molecule has 1 aromatic carbocycles. The monoisotopic (exact) mass is 295 g/mol. The first kappa shape index (κ1) is 15.4. The van der Waals surface area contributed by atoms with Crippen LogP contribution < -0.4 is 10.6 Å². The third-order valence-electron chi connectivity index (χ3n) is 3.01. The number of hydrogen-bond acceptors (Lipinski definition) is 4. The van der Waals surface area contributed by atoms with Crippen LogP contribution >= 0.6 is 0 Å². The molecule has 0 saturated heterocycles. The van der Waals surface area contributed by atoms with Gasteiger partial charge < -0.3 is 15.1 Å². The number of furan rings is 1. The van der Waals surface area contributed by atoms with Gasteiger partial charge in [0.25, 0.3) is 5.91 Å². The summed E-state index contributed by atoms with van der Waals surface area (Å²) in [6.45, 7) is 0.912. The van der Waals surface area contributed by atoms with Crippen LogP contribution in [0.1, 0.15) is 11.3 Å². The average Bonchev–Trinajstić information content (AvgIpc) is 3.06. The summed E-state index contributed by atoms with van der Waals surface area (Å²) >= 11 is 0. The van der Waals surface area contributed by atoms with Gasteiger partial charge in [-0.3, -0.25) is 4.79 Å². The first-order chi connectivity index (χ1) is 10.8. The van der Waals surface area contributed by atoms with E-state index in [2.05, 4.69) is 10.6 Å². The Kier molecular flexibility index (Phi) is 5.82. The number of benzene rings is 1. The van der Waals surface area contributed by atoms with Crippen LogP contribution in [0.3, 0.4) is 0 Å². The molecule has 2 aromatic rings. The lowest BCUT2D eigenvalue weighted by Gasteiger charge is -2.05. The Morgan fingerprint density at radius 3 is 2.73 bits per heavy atom. The largest absolute Gasteiger partial charge is 0.467 e. The molecule has 0 bridgehead atoms. The summed E-state index contributed by atoms with van der Waals surface area (Å²) in [6.07, 6.45) is 3.70. The lowest BCUT2D eigenvalue weighted by molar-refractivity contribution is -0.117. The van der Waals surface area contributed by atoms with Crippen LogP contribution in [0.15, 0.2) is 64.9 Å². The summed E-state index contributed by atoms with van der Waals surface area (Å²) in [4.78, 5) is 11.9. The zero-order valence-electron chi connectivity index (χ0n) is 12.1. The van der Waals surface area contributed by atoms with Gasteiger partial charge in [-0.25, -0.2) is 0 Å². The van der Waals surface area contributed by atoms with E-state index in [0.29, 0.717) is 13.1 Å². The van der Waals surface area contributed by atoms with Gasteiger partial charge >= 0.3 is 0 Å². The normalized spacial score (nSPS) is 10.8. The molecular weight excluding hydrogens is 278 g/mol. The van der Waals surface area contributed by atoms with E-state index >= 15 is 0 Å². The van der Waals surface area contributed by atoms with E-state index in [4.69, 9.17) is 9.68 Å². The van der Waals surface area contributed by atoms with Crippen molar-refractivity contribution in [1.82, 2.24) is 10.6 Å². The molecule has 22 heavy (non-hydrogen) atoms. The third kappa shape index (κ3) is 4.84. The molecule has 5 nitrogen and oxygen atoms in total. The SMILES string of the molecule is N#C/C(=C/NCc1ccco1)C(=O)NCCc1ccccc1. The minimum Gasteiger partial charge on any atom is -0.467 e. The van der Waals surface area contributed by atoms with E-state index in [1.54, 1.807) is 12.3 Å². The van der Waals surface area contributed by atoms with Crippen molar-refractivity contribution in [2.24, 2.45) is 0 Å². The first-order valence-electron chi connectivity index (χ1n) is 6.98. The van der Waals surface area contributed by atoms with Crippen molar-refractivity contribution >= 4 is 5.91 Å². The summed E-state index contributed by atoms with van der Waals surface area (Å²) in [5.41, 5.74) is 1.18. The molecule has 1 heterocycles. The molecule has 2 N–H and O–H groups in total. The molecule has 0 saturated carbocycles. The van der Waals surface area contributed by atoms with E-state index in [-0.39, 0.29) is 11.5 Å². The maximum atomic E-state index is 11.9. The van der Waals surface area contributed by atoms with Crippen molar-refractivity contribution in [2.45, 2.75) is 13.0 Å². The van der Waals surface area contributed by atoms with Crippen LogP contribution in [0.5, 0.6) is 0 Å². The zero-order valence-corrected chi connectivity index (χ0v) is 12.1. The highest BCUT2D eigenvalue weighted by Crippen LogP contribution is 2.00. The predicted octanol–water partition coefficient (Wildman–Crippen LogP) is 2.14. The van der Waals surface area contributed by atoms with Crippen LogP contribution in [-0.4, -0.2) is 12.5 Å². The fourth-order valence-corrected chi connectivity index (χ4v) is 1.88.